The third-order valence-corrected chi connectivity index (χ3v) is 2.52. The van der Waals surface area contributed by atoms with Crippen molar-refractivity contribution in [3.63, 3.8) is 0 Å². The average molecular weight is 227 g/mol. The molecule has 0 unspecified atom stereocenters. The van der Waals surface area contributed by atoms with Crippen LogP contribution in [0.4, 0.5) is 0 Å². The van der Waals surface area contributed by atoms with Crippen LogP contribution >= 0.6 is 11.6 Å². The summed E-state index contributed by atoms with van der Waals surface area (Å²) in [7, 11) is 0. The highest BCUT2D eigenvalue weighted by molar-refractivity contribution is 6.30. The van der Waals surface area contributed by atoms with Crippen LogP contribution in [0, 0.1) is 0 Å². The van der Waals surface area contributed by atoms with E-state index >= 15 is 0 Å². The van der Waals surface area contributed by atoms with Gasteiger partial charge in [-0.3, -0.25) is 0 Å². The normalized spacial score (nSPS) is 10.4. The number of hydrogen-bond acceptors (Lipinski definition) is 2. The minimum atomic E-state index is -0.277. The monoisotopic (exact) mass is 226 g/mol. The van der Waals surface area contributed by atoms with E-state index in [1.54, 1.807) is 24.3 Å². The molecule has 0 aromatic heterocycles. The minimum Gasteiger partial charge on any atom is -0.459 e. The zero-order chi connectivity index (χ0) is 11.3. The van der Waals surface area contributed by atoms with Gasteiger partial charge in [-0.15, -0.1) is 0 Å². The van der Waals surface area contributed by atoms with Crippen LogP contribution in [-0.2, 0) is 4.74 Å². The van der Waals surface area contributed by atoms with Gasteiger partial charge >= 0.3 is 5.97 Å². The lowest BCUT2D eigenvalue weighted by atomic mass is 10.2. The molecule has 3 heteroatoms. The van der Waals surface area contributed by atoms with Gasteiger partial charge in [0.05, 0.1) is 5.56 Å². The number of rotatable bonds is 4. The van der Waals surface area contributed by atoms with E-state index in [0.29, 0.717) is 10.6 Å². The highest BCUT2D eigenvalue weighted by Crippen LogP contribution is 2.12. The summed E-state index contributed by atoms with van der Waals surface area (Å²) < 4.78 is 5.29. The summed E-state index contributed by atoms with van der Waals surface area (Å²) in [6, 6.07) is 6.72. The topological polar surface area (TPSA) is 26.3 Å². The molecule has 1 aromatic carbocycles. The van der Waals surface area contributed by atoms with E-state index in [0.717, 1.165) is 12.8 Å². The lowest BCUT2D eigenvalue weighted by Gasteiger charge is -2.13. The third-order valence-electron chi connectivity index (χ3n) is 2.26. The lowest BCUT2D eigenvalue weighted by Crippen LogP contribution is -2.16. The first-order chi connectivity index (χ1) is 7.17. The van der Waals surface area contributed by atoms with Gasteiger partial charge < -0.3 is 4.74 Å². The Morgan fingerprint density at radius 1 is 1.27 bits per heavy atom. The SMILES string of the molecule is CCC(CC)OC(=O)c1ccc(Cl)cc1. The molecule has 0 amide bonds. The Labute approximate surface area is 95.2 Å². The van der Waals surface area contributed by atoms with Crippen molar-refractivity contribution >= 4 is 17.6 Å². The van der Waals surface area contributed by atoms with Crippen LogP contribution in [0.15, 0.2) is 24.3 Å². The van der Waals surface area contributed by atoms with Crippen LogP contribution in [0.25, 0.3) is 0 Å². The maximum absolute atomic E-state index is 11.6. The molecule has 0 aliphatic rings. The molecule has 0 spiro atoms. The van der Waals surface area contributed by atoms with Gasteiger partial charge in [-0.1, -0.05) is 25.4 Å². The predicted octanol–water partition coefficient (Wildman–Crippen LogP) is 3.69. The lowest BCUT2D eigenvalue weighted by molar-refractivity contribution is 0.0284. The van der Waals surface area contributed by atoms with Crippen molar-refractivity contribution in [2.45, 2.75) is 32.8 Å². The van der Waals surface area contributed by atoms with Gasteiger partial charge in [-0.25, -0.2) is 4.79 Å². The summed E-state index contributed by atoms with van der Waals surface area (Å²) in [6.07, 6.45) is 1.69. The quantitative estimate of drug-likeness (QED) is 0.732. The van der Waals surface area contributed by atoms with Gasteiger partial charge in [0.1, 0.15) is 6.10 Å². The number of carbonyl (C=O) groups is 1. The van der Waals surface area contributed by atoms with E-state index in [2.05, 4.69) is 0 Å². The summed E-state index contributed by atoms with van der Waals surface area (Å²) in [5, 5.41) is 0.620. The molecule has 0 radical (unpaired) electrons. The van der Waals surface area contributed by atoms with Gasteiger partial charge in [-0.05, 0) is 37.1 Å². The third kappa shape index (κ3) is 3.56. The van der Waals surface area contributed by atoms with Crippen LogP contribution in [0.5, 0.6) is 0 Å². The van der Waals surface area contributed by atoms with Gasteiger partial charge in [0, 0.05) is 5.02 Å². The average Bonchev–Trinajstić information content (AvgIpc) is 2.26. The van der Waals surface area contributed by atoms with Crippen molar-refractivity contribution in [1.29, 1.82) is 0 Å². The van der Waals surface area contributed by atoms with Crippen LogP contribution in [0.3, 0.4) is 0 Å². The van der Waals surface area contributed by atoms with E-state index < -0.39 is 0 Å². The second-order valence-corrected chi connectivity index (χ2v) is 3.79. The van der Waals surface area contributed by atoms with Crippen LogP contribution in [0.1, 0.15) is 37.0 Å². The Bertz CT molecular complexity index is 315. The maximum atomic E-state index is 11.6. The van der Waals surface area contributed by atoms with Crippen molar-refractivity contribution in [3.05, 3.63) is 34.9 Å². The standard InChI is InChI=1S/C12H15ClO2/c1-3-11(4-2)15-12(14)9-5-7-10(13)8-6-9/h5-8,11H,3-4H2,1-2H3. The maximum Gasteiger partial charge on any atom is 0.338 e. The van der Waals surface area contributed by atoms with E-state index in [1.165, 1.54) is 0 Å². The van der Waals surface area contributed by atoms with Gasteiger partial charge in [0.2, 0.25) is 0 Å². The smallest absolute Gasteiger partial charge is 0.338 e. The molecule has 82 valence electrons. The van der Waals surface area contributed by atoms with Crippen LogP contribution < -0.4 is 0 Å². The summed E-state index contributed by atoms with van der Waals surface area (Å²) in [4.78, 5) is 11.6. The summed E-state index contributed by atoms with van der Waals surface area (Å²) in [6.45, 7) is 4.01. The van der Waals surface area contributed by atoms with E-state index in [-0.39, 0.29) is 12.1 Å². The Kier molecular flexibility index (Phi) is 4.63. The molecule has 0 saturated carbocycles. The molecule has 0 aliphatic heterocycles. The van der Waals surface area contributed by atoms with E-state index in [1.807, 2.05) is 13.8 Å². The fraction of sp³-hybridized carbons (Fsp3) is 0.417. The Morgan fingerprint density at radius 3 is 2.27 bits per heavy atom. The molecule has 0 heterocycles. The van der Waals surface area contributed by atoms with Crippen molar-refractivity contribution < 1.29 is 9.53 Å². The number of carbonyl (C=O) groups excluding carboxylic acids is 1. The molecule has 0 fully saturated rings. The summed E-state index contributed by atoms with van der Waals surface area (Å²) in [5.74, 6) is -0.277. The fourth-order valence-corrected chi connectivity index (χ4v) is 1.39. The summed E-state index contributed by atoms with van der Waals surface area (Å²) in [5.41, 5.74) is 0.548. The first-order valence-corrected chi connectivity index (χ1v) is 5.51. The van der Waals surface area contributed by atoms with Gasteiger partial charge in [0.25, 0.3) is 0 Å². The highest BCUT2D eigenvalue weighted by atomic mass is 35.5. The highest BCUT2D eigenvalue weighted by Gasteiger charge is 2.12. The molecule has 0 aliphatic carbocycles. The van der Waals surface area contributed by atoms with Gasteiger partial charge in [0.15, 0.2) is 0 Å². The number of hydrogen-bond donors (Lipinski definition) is 0. The molecule has 1 rings (SSSR count). The second kappa shape index (κ2) is 5.76. The number of halogens is 1. The Balaban J connectivity index is 2.64. The second-order valence-electron chi connectivity index (χ2n) is 3.35. The Morgan fingerprint density at radius 2 is 1.80 bits per heavy atom. The minimum absolute atomic E-state index is 0.00757. The number of benzene rings is 1. The molecule has 0 atom stereocenters. The largest absolute Gasteiger partial charge is 0.459 e. The van der Waals surface area contributed by atoms with Crippen molar-refractivity contribution in [1.82, 2.24) is 0 Å². The fourth-order valence-electron chi connectivity index (χ4n) is 1.26. The Hall–Kier alpha value is -1.02. The van der Waals surface area contributed by atoms with Crippen LogP contribution in [0.2, 0.25) is 5.02 Å². The molecule has 0 saturated heterocycles. The molecule has 1 aromatic rings. The molecule has 15 heavy (non-hydrogen) atoms. The van der Waals surface area contributed by atoms with Gasteiger partial charge in [-0.2, -0.15) is 0 Å². The number of ether oxygens (including phenoxy) is 1. The first-order valence-electron chi connectivity index (χ1n) is 5.14. The molecular weight excluding hydrogens is 212 g/mol. The van der Waals surface area contributed by atoms with Crippen LogP contribution in [-0.4, -0.2) is 12.1 Å². The predicted molar refractivity (Wildman–Crippen MR) is 61.2 cm³/mol. The molecule has 2 nitrogen and oxygen atoms in total. The van der Waals surface area contributed by atoms with Crippen molar-refractivity contribution in [3.8, 4) is 0 Å². The molecule has 0 bridgehead atoms. The molecule has 0 N–H and O–H groups in total. The summed E-state index contributed by atoms with van der Waals surface area (Å²) >= 11 is 5.72. The zero-order valence-electron chi connectivity index (χ0n) is 9.00. The van der Waals surface area contributed by atoms with E-state index in [9.17, 15) is 4.79 Å². The van der Waals surface area contributed by atoms with E-state index in [4.69, 9.17) is 16.3 Å². The zero-order valence-corrected chi connectivity index (χ0v) is 9.75. The molecular formula is C12H15ClO2. The first kappa shape index (κ1) is 12.1. The van der Waals surface area contributed by atoms with Crippen molar-refractivity contribution in [2.24, 2.45) is 0 Å². The van der Waals surface area contributed by atoms with Crippen molar-refractivity contribution in [2.75, 3.05) is 0 Å². The number of esters is 1.